The van der Waals surface area contributed by atoms with Crippen molar-refractivity contribution in [2.75, 3.05) is 11.9 Å². The third-order valence-corrected chi connectivity index (χ3v) is 5.38. The number of rotatable bonds is 6. The number of aromatic nitrogens is 3. The fourth-order valence-corrected chi connectivity index (χ4v) is 3.64. The van der Waals surface area contributed by atoms with Crippen molar-refractivity contribution in [3.8, 4) is 11.5 Å². The SMILES string of the molecule is Cc1c(CN2CCC[C@H]2C(=O)Nc2ccccc2Oc2cccnc2)cnn1C. The zero-order valence-corrected chi connectivity index (χ0v) is 16.7. The molecule has 2 aromatic heterocycles. The van der Waals surface area contributed by atoms with Gasteiger partial charge in [0.25, 0.3) is 0 Å². The lowest BCUT2D eigenvalue weighted by molar-refractivity contribution is -0.120. The van der Waals surface area contributed by atoms with E-state index in [2.05, 4.69) is 27.2 Å². The molecule has 150 valence electrons. The summed E-state index contributed by atoms with van der Waals surface area (Å²) in [5, 5.41) is 7.38. The fraction of sp³-hybridized carbons (Fsp3) is 0.318. The summed E-state index contributed by atoms with van der Waals surface area (Å²) in [7, 11) is 1.94. The Morgan fingerprint density at radius 2 is 2.10 bits per heavy atom. The molecule has 0 spiro atoms. The van der Waals surface area contributed by atoms with Crippen LogP contribution in [-0.2, 0) is 18.4 Å². The van der Waals surface area contributed by atoms with E-state index >= 15 is 0 Å². The van der Waals surface area contributed by atoms with Crippen molar-refractivity contribution < 1.29 is 9.53 Å². The molecule has 1 aliphatic rings. The van der Waals surface area contributed by atoms with Crippen molar-refractivity contribution in [2.24, 2.45) is 7.05 Å². The van der Waals surface area contributed by atoms with E-state index in [1.165, 1.54) is 0 Å². The number of hydrogen-bond donors (Lipinski definition) is 1. The highest BCUT2D eigenvalue weighted by molar-refractivity contribution is 5.96. The van der Waals surface area contributed by atoms with Gasteiger partial charge in [0.1, 0.15) is 5.75 Å². The summed E-state index contributed by atoms with van der Waals surface area (Å²) in [6, 6.07) is 10.9. The third kappa shape index (κ3) is 4.30. The van der Waals surface area contributed by atoms with E-state index in [0.29, 0.717) is 17.2 Å². The number of likely N-dealkylation sites (tertiary alicyclic amines) is 1. The van der Waals surface area contributed by atoms with E-state index in [-0.39, 0.29) is 11.9 Å². The van der Waals surface area contributed by atoms with Crippen LogP contribution in [0.15, 0.2) is 55.0 Å². The van der Waals surface area contributed by atoms with E-state index in [0.717, 1.165) is 37.2 Å². The summed E-state index contributed by atoms with van der Waals surface area (Å²) < 4.78 is 7.78. The van der Waals surface area contributed by atoms with Gasteiger partial charge in [0.05, 0.1) is 24.1 Å². The highest BCUT2D eigenvalue weighted by atomic mass is 16.5. The molecule has 1 saturated heterocycles. The number of carbonyl (C=O) groups excluding carboxylic acids is 1. The molecular weight excluding hydrogens is 366 g/mol. The maximum Gasteiger partial charge on any atom is 0.241 e. The molecule has 0 radical (unpaired) electrons. The van der Waals surface area contributed by atoms with Gasteiger partial charge in [-0.2, -0.15) is 5.10 Å². The summed E-state index contributed by atoms with van der Waals surface area (Å²) in [6.45, 7) is 3.69. The van der Waals surface area contributed by atoms with Crippen LogP contribution in [0.4, 0.5) is 5.69 Å². The van der Waals surface area contributed by atoms with Gasteiger partial charge in [0, 0.05) is 31.0 Å². The van der Waals surface area contributed by atoms with E-state index < -0.39 is 0 Å². The Morgan fingerprint density at radius 1 is 1.24 bits per heavy atom. The number of ether oxygens (including phenoxy) is 1. The lowest BCUT2D eigenvalue weighted by atomic mass is 10.1. The second kappa shape index (κ2) is 8.45. The standard InChI is InChI=1S/C22H25N5O2/c1-16-17(13-24-26(16)2)15-27-12-6-9-20(27)22(28)25-19-8-3-4-10-21(19)29-18-7-5-11-23-14-18/h3-5,7-8,10-11,13-14,20H,6,9,12,15H2,1-2H3,(H,25,28)/t20-/m0/s1. The topological polar surface area (TPSA) is 72.3 Å². The number of aryl methyl sites for hydroxylation is 1. The molecular formula is C22H25N5O2. The van der Waals surface area contributed by atoms with Crippen LogP contribution in [0.3, 0.4) is 0 Å². The monoisotopic (exact) mass is 391 g/mol. The van der Waals surface area contributed by atoms with Gasteiger partial charge < -0.3 is 10.1 Å². The van der Waals surface area contributed by atoms with Gasteiger partial charge in [-0.15, -0.1) is 0 Å². The first kappa shape index (κ1) is 19.1. The lowest BCUT2D eigenvalue weighted by Gasteiger charge is -2.24. The summed E-state index contributed by atoms with van der Waals surface area (Å²) in [5.41, 5.74) is 2.95. The van der Waals surface area contributed by atoms with E-state index in [9.17, 15) is 4.79 Å². The smallest absolute Gasteiger partial charge is 0.241 e. The van der Waals surface area contributed by atoms with Crippen LogP contribution in [-0.4, -0.2) is 38.2 Å². The maximum atomic E-state index is 13.1. The summed E-state index contributed by atoms with van der Waals surface area (Å²) in [5.74, 6) is 1.22. The highest BCUT2D eigenvalue weighted by Gasteiger charge is 2.31. The minimum Gasteiger partial charge on any atom is -0.454 e. The van der Waals surface area contributed by atoms with Crippen LogP contribution in [0.5, 0.6) is 11.5 Å². The van der Waals surface area contributed by atoms with Gasteiger partial charge in [-0.25, -0.2) is 0 Å². The number of amides is 1. The highest BCUT2D eigenvalue weighted by Crippen LogP contribution is 2.30. The predicted octanol–water partition coefficient (Wildman–Crippen LogP) is 3.52. The molecule has 4 rings (SSSR count). The van der Waals surface area contributed by atoms with E-state index in [1.54, 1.807) is 12.4 Å². The van der Waals surface area contributed by atoms with Crippen molar-refractivity contribution in [3.63, 3.8) is 0 Å². The van der Waals surface area contributed by atoms with Gasteiger partial charge in [-0.05, 0) is 50.6 Å². The zero-order chi connectivity index (χ0) is 20.2. The first-order valence-corrected chi connectivity index (χ1v) is 9.81. The second-order valence-corrected chi connectivity index (χ2v) is 7.28. The number of anilines is 1. The molecule has 0 aliphatic carbocycles. The van der Waals surface area contributed by atoms with Gasteiger partial charge in [-0.1, -0.05) is 12.1 Å². The third-order valence-electron chi connectivity index (χ3n) is 5.38. The Labute approximate surface area is 170 Å². The van der Waals surface area contributed by atoms with Gasteiger partial charge in [-0.3, -0.25) is 19.4 Å². The number of benzene rings is 1. The first-order valence-electron chi connectivity index (χ1n) is 9.81. The number of pyridine rings is 1. The molecule has 1 amide bonds. The molecule has 1 fully saturated rings. The van der Waals surface area contributed by atoms with Crippen molar-refractivity contribution in [1.29, 1.82) is 0 Å². The molecule has 1 atom stereocenters. The quantitative estimate of drug-likeness (QED) is 0.696. The van der Waals surface area contributed by atoms with Crippen molar-refractivity contribution in [3.05, 3.63) is 66.2 Å². The molecule has 7 heteroatoms. The summed E-state index contributed by atoms with van der Waals surface area (Å²) >= 11 is 0. The van der Waals surface area contributed by atoms with Crippen LogP contribution in [0.2, 0.25) is 0 Å². The number of para-hydroxylation sites is 2. The van der Waals surface area contributed by atoms with Crippen LogP contribution in [0, 0.1) is 6.92 Å². The largest absolute Gasteiger partial charge is 0.454 e. The Bertz CT molecular complexity index is 986. The molecule has 0 saturated carbocycles. The van der Waals surface area contributed by atoms with Gasteiger partial charge in [0.2, 0.25) is 5.91 Å². The van der Waals surface area contributed by atoms with Gasteiger partial charge in [0.15, 0.2) is 5.75 Å². The van der Waals surface area contributed by atoms with Crippen LogP contribution in [0.1, 0.15) is 24.1 Å². The van der Waals surface area contributed by atoms with Crippen LogP contribution >= 0.6 is 0 Å². The van der Waals surface area contributed by atoms with Gasteiger partial charge >= 0.3 is 0 Å². The summed E-state index contributed by atoms with van der Waals surface area (Å²) in [6.07, 6.45) is 7.08. The first-order chi connectivity index (χ1) is 14.1. The van der Waals surface area contributed by atoms with Crippen molar-refractivity contribution in [2.45, 2.75) is 32.4 Å². The second-order valence-electron chi connectivity index (χ2n) is 7.28. The Hall–Kier alpha value is -3.19. The predicted molar refractivity (Wildman–Crippen MR) is 111 cm³/mol. The summed E-state index contributed by atoms with van der Waals surface area (Å²) in [4.78, 5) is 19.4. The Morgan fingerprint density at radius 3 is 2.86 bits per heavy atom. The minimum atomic E-state index is -0.166. The Balaban J connectivity index is 1.47. The molecule has 3 heterocycles. The lowest BCUT2D eigenvalue weighted by Crippen LogP contribution is -2.39. The average molecular weight is 391 g/mol. The maximum absolute atomic E-state index is 13.1. The van der Waals surface area contributed by atoms with Crippen LogP contribution in [0.25, 0.3) is 0 Å². The molecule has 29 heavy (non-hydrogen) atoms. The van der Waals surface area contributed by atoms with E-state index in [4.69, 9.17) is 4.74 Å². The fourth-order valence-electron chi connectivity index (χ4n) is 3.64. The number of carbonyl (C=O) groups is 1. The molecule has 1 aromatic carbocycles. The Kier molecular flexibility index (Phi) is 5.57. The van der Waals surface area contributed by atoms with Crippen LogP contribution < -0.4 is 10.1 Å². The zero-order valence-electron chi connectivity index (χ0n) is 16.7. The molecule has 0 unspecified atom stereocenters. The minimum absolute atomic E-state index is 0.00807. The number of nitrogens with zero attached hydrogens (tertiary/aromatic N) is 4. The number of nitrogens with one attached hydrogen (secondary N) is 1. The molecule has 3 aromatic rings. The molecule has 1 aliphatic heterocycles. The van der Waals surface area contributed by atoms with Crippen molar-refractivity contribution >= 4 is 11.6 Å². The molecule has 1 N–H and O–H groups in total. The molecule has 7 nitrogen and oxygen atoms in total. The molecule has 0 bridgehead atoms. The van der Waals surface area contributed by atoms with Crippen molar-refractivity contribution in [1.82, 2.24) is 19.7 Å². The normalized spacial score (nSPS) is 16.7. The number of hydrogen-bond acceptors (Lipinski definition) is 5. The average Bonchev–Trinajstić information content (AvgIpc) is 3.32. The van der Waals surface area contributed by atoms with E-state index in [1.807, 2.05) is 54.3 Å².